The molecule has 0 aliphatic rings. The molecule has 4 nitrogen and oxygen atoms in total. The van der Waals surface area contributed by atoms with E-state index in [0.717, 1.165) is 17.1 Å². The number of esters is 1. The van der Waals surface area contributed by atoms with Crippen LogP contribution in [-0.2, 0) is 15.2 Å². The van der Waals surface area contributed by atoms with Crippen molar-refractivity contribution in [3.63, 3.8) is 0 Å². The van der Waals surface area contributed by atoms with Gasteiger partial charge in [-0.1, -0.05) is 11.6 Å². The number of carbonyl (C=O) groups excluding carboxylic acids is 1. The van der Waals surface area contributed by atoms with Crippen molar-refractivity contribution >= 4 is 29.3 Å². The molecule has 0 radical (unpaired) electrons. The number of hydrogen-bond acceptors (Lipinski definition) is 5. The predicted molar refractivity (Wildman–Crippen MR) is 68.6 cm³/mol. The number of methoxy groups -OCH3 is 2. The van der Waals surface area contributed by atoms with E-state index in [1.807, 2.05) is 0 Å². The van der Waals surface area contributed by atoms with Crippen molar-refractivity contribution in [2.24, 2.45) is 0 Å². The Morgan fingerprint density at radius 1 is 1.53 bits per heavy atom. The average molecular weight is 276 g/mol. The molecular weight excluding hydrogens is 262 g/mol. The molecule has 1 rings (SSSR count). The Balaban J connectivity index is 2.65. The van der Waals surface area contributed by atoms with Gasteiger partial charge in [0, 0.05) is 24.8 Å². The van der Waals surface area contributed by atoms with Gasteiger partial charge in [0.1, 0.15) is 5.15 Å². The van der Waals surface area contributed by atoms with Crippen LogP contribution in [0.4, 0.5) is 0 Å². The number of thioether (sulfide) groups is 1. The third-order valence-corrected chi connectivity index (χ3v) is 3.30. The van der Waals surface area contributed by atoms with Crippen LogP contribution in [0, 0.1) is 0 Å². The van der Waals surface area contributed by atoms with Gasteiger partial charge in [-0.2, -0.15) is 11.8 Å². The minimum Gasteiger partial charge on any atom is -0.465 e. The van der Waals surface area contributed by atoms with Crippen molar-refractivity contribution in [3.05, 3.63) is 28.5 Å². The van der Waals surface area contributed by atoms with Crippen LogP contribution in [0.3, 0.4) is 0 Å². The number of rotatable bonds is 6. The Labute approximate surface area is 110 Å². The predicted octanol–water partition coefficient (Wildman–Crippen LogP) is 2.40. The van der Waals surface area contributed by atoms with Crippen LogP contribution in [-0.4, -0.2) is 37.5 Å². The lowest BCUT2D eigenvalue weighted by Crippen LogP contribution is -2.04. The summed E-state index contributed by atoms with van der Waals surface area (Å²) in [6.07, 6.45) is 1.66. The SMILES string of the molecule is COCCSCc1cnc(Cl)c(C(=O)OC)c1. The zero-order valence-electron chi connectivity index (χ0n) is 9.73. The Hall–Kier alpha value is -0.780. The molecule has 6 heteroatoms. The fourth-order valence-electron chi connectivity index (χ4n) is 1.16. The number of carbonyl (C=O) groups is 1. The number of pyridine rings is 1. The molecule has 0 spiro atoms. The van der Waals surface area contributed by atoms with Crippen LogP contribution in [0.1, 0.15) is 15.9 Å². The van der Waals surface area contributed by atoms with Gasteiger partial charge in [0.15, 0.2) is 0 Å². The molecule has 0 amide bonds. The van der Waals surface area contributed by atoms with E-state index in [9.17, 15) is 4.79 Å². The molecule has 0 aromatic carbocycles. The highest BCUT2D eigenvalue weighted by atomic mass is 35.5. The lowest BCUT2D eigenvalue weighted by atomic mass is 10.2. The summed E-state index contributed by atoms with van der Waals surface area (Å²) in [5.41, 5.74) is 1.25. The first-order valence-corrected chi connectivity index (χ1v) is 6.51. The largest absolute Gasteiger partial charge is 0.465 e. The normalized spacial score (nSPS) is 10.3. The average Bonchev–Trinajstić information content (AvgIpc) is 2.35. The second-order valence-corrected chi connectivity index (χ2v) is 4.68. The number of hydrogen-bond donors (Lipinski definition) is 0. The lowest BCUT2D eigenvalue weighted by Gasteiger charge is -2.05. The first-order chi connectivity index (χ1) is 8.19. The van der Waals surface area contributed by atoms with Crippen molar-refractivity contribution in [1.29, 1.82) is 0 Å². The van der Waals surface area contributed by atoms with E-state index in [0.29, 0.717) is 12.2 Å². The summed E-state index contributed by atoms with van der Waals surface area (Å²) in [7, 11) is 2.98. The fraction of sp³-hybridized carbons (Fsp3) is 0.455. The molecule has 17 heavy (non-hydrogen) atoms. The van der Waals surface area contributed by atoms with E-state index >= 15 is 0 Å². The van der Waals surface area contributed by atoms with Crippen LogP contribution >= 0.6 is 23.4 Å². The highest BCUT2D eigenvalue weighted by molar-refractivity contribution is 7.98. The molecule has 1 aromatic rings. The van der Waals surface area contributed by atoms with E-state index in [2.05, 4.69) is 9.72 Å². The third-order valence-electron chi connectivity index (χ3n) is 2.00. The van der Waals surface area contributed by atoms with Gasteiger partial charge in [-0.05, 0) is 11.6 Å². The van der Waals surface area contributed by atoms with Gasteiger partial charge >= 0.3 is 5.97 Å². The van der Waals surface area contributed by atoms with Crippen molar-refractivity contribution in [2.75, 3.05) is 26.6 Å². The zero-order valence-corrected chi connectivity index (χ0v) is 11.3. The van der Waals surface area contributed by atoms with E-state index in [4.69, 9.17) is 16.3 Å². The summed E-state index contributed by atoms with van der Waals surface area (Å²) in [6.45, 7) is 0.704. The standard InChI is InChI=1S/C11H14ClNO3S/c1-15-3-4-17-7-8-5-9(11(14)16-2)10(12)13-6-8/h5-6H,3-4,7H2,1-2H3. The Morgan fingerprint density at radius 3 is 2.94 bits per heavy atom. The second-order valence-electron chi connectivity index (χ2n) is 3.22. The number of ether oxygens (including phenoxy) is 2. The van der Waals surface area contributed by atoms with E-state index in [1.54, 1.807) is 31.1 Å². The van der Waals surface area contributed by atoms with Gasteiger partial charge in [0.05, 0.1) is 19.3 Å². The Kier molecular flexibility index (Phi) is 6.32. The van der Waals surface area contributed by atoms with Crippen LogP contribution in [0.15, 0.2) is 12.3 Å². The number of halogens is 1. The van der Waals surface area contributed by atoms with Gasteiger partial charge in [-0.15, -0.1) is 0 Å². The lowest BCUT2D eigenvalue weighted by molar-refractivity contribution is 0.0600. The molecule has 0 aliphatic carbocycles. The smallest absolute Gasteiger partial charge is 0.341 e. The Morgan fingerprint density at radius 2 is 2.29 bits per heavy atom. The van der Waals surface area contributed by atoms with Crippen LogP contribution in [0.5, 0.6) is 0 Å². The van der Waals surface area contributed by atoms with Gasteiger partial charge in [-0.3, -0.25) is 0 Å². The summed E-state index contributed by atoms with van der Waals surface area (Å²) in [5, 5.41) is 0.169. The minimum atomic E-state index is -0.466. The van der Waals surface area contributed by atoms with Crippen LogP contribution in [0.25, 0.3) is 0 Å². The summed E-state index contributed by atoms with van der Waals surface area (Å²) in [6, 6.07) is 1.71. The molecule has 0 atom stereocenters. The van der Waals surface area contributed by atoms with Gasteiger partial charge < -0.3 is 9.47 Å². The molecule has 0 saturated heterocycles. The van der Waals surface area contributed by atoms with Crippen molar-refractivity contribution < 1.29 is 14.3 Å². The van der Waals surface area contributed by atoms with Gasteiger partial charge in [0.25, 0.3) is 0 Å². The number of aromatic nitrogens is 1. The maximum Gasteiger partial charge on any atom is 0.341 e. The first-order valence-electron chi connectivity index (χ1n) is 4.98. The highest BCUT2D eigenvalue weighted by Gasteiger charge is 2.12. The summed E-state index contributed by atoms with van der Waals surface area (Å²) in [5.74, 6) is 1.19. The van der Waals surface area contributed by atoms with E-state index < -0.39 is 5.97 Å². The summed E-state index contributed by atoms with van der Waals surface area (Å²) < 4.78 is 9.57. The topological polar surface area (TPSA) is 48.4 Å². The molecule has 0 unspecified atom stereocenters. The maximum atomic E-state index is 11.4. The molecule has 0 bridgehead atoms. The molecule has 0 aliphatic heterocycles. The fourth-order valence-corrected chi connectivity index (χ4v) is 2.16. The third kappa shape index (κ3) is 4.53. The second kappa shape index (κ2) is 7.53. The van der Waals surface area contributed by atoms with Gasteiger partial charge in [-0.25, -0.2) is 9.78 Å². The summed E-state index contributed by atoms with van der Waals surface area (Å²) in [4.78, 5) is 15.4. The molecular formula is C11H14ClNO3S. The zero-order chi connectivity index (χ0) is 12.7. The molecule has 94 valence electrons. The monoisotopic (exact) mass is 275 g/mol. The van der Waals surface area contributed by atoms with Crippen molar-refractivity contribution in [2.45, 2.75) is 5.75 Å². The molecule has 1 heterocycles. The Bertz CT molecular complexity index is 387. The van der Waals surface area contributed by atoms with Crippen LogP contribution < -0.4 is 0 Å². The first kappa shape index (κ1) is 14.3. The van der Waals surface area contributed by atoms with Gasteiger partial charge in [0.2, 0.25) is 0 Å². The quantitative estimate of drug-likeness (QED) is 0.453. The molecule has 1 aromatic heterocycles. The van der Waals surface area contributed by atoms with Crippen molar-refractivity contribution in [1.82, 2.24) is 4.98 Å². The minimum absolute atomic E-state index is 0.169. The molecule has 0 fully saturated rings. The molecule has 0 saturated carbocycles. The van der Waals surface area contributed by atoms with E-state index in [-0.39, 0.29) is 5.15 Å². The molecule has 0 N–H and O–H groups in total. The highest BCUT2D eigenvalue weighted by Crippen LogP contribution is 2.18. The van der Waals surface area contributed by atoms with Crippen molar-refractivity contribution in [3.8, 4) is 0 Å². The van der Waals surface area contributed by atoms with Crippen LogP contribution in [0.2, 0.25) is 5.15 Å². The number of nitrogens with zero attached hydrogens (tertiary/aromatic N) is 1. The van der Waals surface area contributed by atoms with E-state index in [1.165, 1.54) is 7.11 Å². The maximum absolute atomic E-state index is 11.4. The summed E-state index contributed by atoms with van der Waals surface area (Å²) >= 11 is 7.52.